The second-order valence-electron chi connectivity index (χ2n) is 7.34. The summed E-state index contributed by atoms with van der Waals surface area (Å²) in [6, 6.07) is -0.176. The van der Waals surface area contributed by atoms with E-state index in [0.29, 0.717) is 13.0 Å². The molecule has 7 nitrogen and oxygen atoms in total. The van der Waals surface area contributed by atoms with Crippen LogP contribution in [0.15, 0.2) is 24.3 Å². The molecule has 1 saturated heterocycles. The molecule has 0 bridgehead atoms. The Morgan fingerprint density at radius 3 is 2.72 bits per heavy atom. The van der Waals surface area contributed by atoms with Crippen LogP contribution in [-0.4, -0.2) is 66.2 Å². The van der Waals surface area contributed by atoms with E-state index in [1.54, 1.807) is 37.8 Å². The summed E-state index contributed by atoms with van der Waals surface area (Å²) in [7, 11) is 1.52. The van der Waals surface area contributed by atoms with Crippen molar-refractivity contribution in [3.05, 3.63) is 24.3 Å². The highest BCUT2D eigenvalue weighted by atomic mass is 16.6. The maximum absolute atomic E-state index is 12.5. The molecule has 1 heterocycles. The van der Waals surface area contributed by atoms with Crippen molar-refractivity contribution in [3.8, 4) is 0 Å². The highest BCUT2D eigenvalue weighted by Crippen LogP contribution is 2.22. The van der Waals surface area contributed by atoms with E-state index in [4.69, 9.17) is 9.47 Å². The Kier molecular flexibility index (Phi) is 6.00. The second kappa shape index (κ2) is 7.82. The predicted molar refractivity (Wildman–Crippen MR) is 91.7 cm³/mol. The molecule has 2 rings (SSSR count). The van der Waals surface area contributed by atoms with E-state index < -0.39 is 11.7 Å². The zero-order valence-corrected chi connectivity index (χ0v) is 15.2. The minimum atomic E-state index is -0.616. The molecule has 2 atom stereocenters. The van der Waals surface area contributed by atoms with Crippen LogP contribution in [0.5, 0.6) is 0 Å². The predicted octanol–water partition coefficient (Wildman–Crippen LogP) is 1.74. The number of nitrogens with zero attached hydrogens (tertiary/aromatic N) is 2. The number of rotatable bonds is 4. The van der Waals surface area contributed by atoms with Crippen LogP contribution < -0.4 is 0 Å². The quantitative estimate of drug-likeness (QED) is 0.772. The molecular formula is C18H26N2O5. The standard InChI is InChI=1S/C18H26N2O5/c1-18(2,3)25-17(23)19(4)10-16(22)20-12-24-11-14(20)9-13-7-5-6-8-15(13)21/h5-8,13-14H,9-12H2,1-4H3/t13?,14-/m0/s1. The molecule has 2 aliphatic rings. The van der Waals surface area contributed by atoms with Crippen LogP contribution in [0.4, 0.5) is 4.79 Å². The Morgan fingerprint density at radius 1 is 1.36 bits per heavy atom. The van der Waals surface area contributed by atoms with Crippen LogP contribution in [0.3, 0.4) is 0 Å². The van der Waals surface area contributed by atoms with Crippen LogP contribution in [0.1, 0.15) is 27.2 Å². The molecule has 0 N–H and O–H groups in total. The third-order valence-corrected chi connectivity index (χ3v) is 3.99. The van der Waals surface area contributed by atoms with E-state index in [9.17, 15) is 14.4 Å². The van der Waals surface area contributed by atoms with Crippen molar-refractivity contribution < 1.29 is 23.9 Å². The maximum Gasteiger partial charge on any atom is 0.410 e. The van der Waals surface area contributed by atoms with Gasteiger partial charge in [-0.15, -0.1) is 0 Å². The molecule has 2 amide bonds. The fourth-order valence-electron chi connectivity index (χ4n) is 2.71. The molecule has 0 spiro atoms. The van der Waals surface area contributed by atoms with Gasteiger partial charge in [0.25, 0.3) is 0 Å². The van der Waals surface area contributed by atoms with E-state index >= 15 is 0 Å². The summed E-state index contributed by atoms with van der Waals surface area (Å²) in [4.78, 5) is 39.3. The molecule has 7 heteroatoms. The second-order valence-corrected chi connectivity index (χ2v) is 7.34. The van der Waals surface area contributed by atoms with Crippen molar-refractivity contribution in [1.29, 1.82) is 0 Å². The lowest BCUT2D eigenvalue weighted by molar-refractivity contribution is -0.134. The topological polar surface area (TPSA) is 76.2 Å². The first-order chi connectivity index (χ1) is 11.7. The van der Waals surface area contributed by atoms with Crippen LogP contribution in [-0.2, 0) is 19.1 Å². The molecule has 0 aromatic heterocycles. The lowest BCUT2D eigenvalue weighted by Gasteiger charge is -2.28. The minimum Gasteiger partial charge on any atom is -0.444 e. The molecule has 138 valence electrons. The molecule has 0 aromatic carbocycles. The third-order valence-electron chi connectivity index (χ3n) is 3.99. The number of allylic oxidation sites excluding steroid dienone is 4. The fraction of sp³-hybridized carbons (Fsp3) is 0.611. The first kappa shape index (κ1) is 19.2. The van der Waals surface area contributed by atoms with Gasteiger partial charge in [0.15, 0.2) is 5.78 Å². The number of ether oxygens (including phenoxy) is 2. The van der Waals surface area contributed by atoms with Gasteiger partial charge >= 0.3 is 6.09 Å². The summed E-state index contributed by atoms with van der Waals surface area (Å²) in [5.74, 6) is -0.429. The average molecular weight is 350 g/mol. The lowest BCUT2D eigenvalue weighted by atomic mass is 9.92. The number of hydrogen-bond donors (Lipinski definition) is 0. The summed E-state index contributed by atoms with van der Waals surface area (Å²) in [6.45, 7) is 5.79. The zero-order chi connectivity index (χ0) is 18.6. The molecule has 0 aromatic rings. The van der Waals surface area contributed by atoms with Gasteiger partial charge in [-0.1, -0.05) is 18.2 Å². The number of ketones is 1. The number of amides is 2. The monoisotopic (exact) mass is 350 g/mol. The first-order valence-corrected chi connectivity index (χ1v) is 8.37. The van der Waals surface area contributed by atoms with Crippen LogP contribution >= 0.6 is 0 Å². The maximum atomic E-state index is 12.5. The van der Waals surface area contributed by atoms with Gasteiger partial charge in [-0.25, -0.2) is 4.79 Å². The van der Waals surface area contributed by atoms with Crippen molar-refractivity contribution in [2.24, 2.45) is 5.92 Å². The molecule has 1 aliphatic heterocycles. The van der Waals surface area contributed by atoms with Crippen LogP contribution in [0, 0.1) is 5.92 Å². The van der Waals surface area contributed by atoms with Gasteiger partial charge in [-0.2, -0.15) is 0 Å². The largest absolute Gasteiger partial charge is 0.444 e. The van der Waals surface area contributed by atoms with Gasteiger partial charge < -0.3 is 19.3 Å². The highest BCUT2D eigenvalue weighted by molar-refractivity contribution is 5.94. The van der Waals surface area contributed by atoms with Crippen molar-refractivity contribution in [2.75, 3.05) is 26.9 Å². The Balaban J connectivity index is 1.91. The minimum absolute atomic E-state index is 0.0349. The Labute approximate surface area is 148 Å². The molecule has 1 unspecified atom stereocenters. The van der Waals surface area contributed by atoms with Crippen molar-refractivity contribution in [2.45, 2.75) is 38.8 Å². The zero-order valence-electron chi connectivity index (χ0n) is 15.2. The Morgan fingerprint density at radius 2 is 2.08 bits per heavy atom. The number of carbonyl (C=O) groups excluding carboxylic acids is 3. The summed E-state index contributed by atoms with van der Waals surface area (Å²) >= 11 is 0. The molecule has 0 radical (unpaired) electrons. The summed E-state index contributed by atoms with van der Waals surface area (Å²) in [5, 5.41) is 0. The highest BCUT2D eigenvalue weighted by Gasteiger charge is 2.34. The number of likely N-dealkylation sites (N-methyl/N-ethyl adjacent to an activating group) is 1. The SMILES string of the molecule is CN(CC(=O)N1COC[C@@H]1CC1C=CC=CC1=O)C(=O)OC(C)(C)C. The van der Waals surface area contributed by atoms with E-state index in [-0.39, 0.29) is 36.9 Å². The van der Waals surface area contributed by atoms with E-state index in [2.05, 4.69) is 0 Å². The van der Waals surface area contributed by atoms with Gasteiger partial charge in [0.1, 0.15) is 18.9 Å². The van der Waals surface area contributed by atoms with Crippen molar-refractivity contribution >= 4 is 17.8 Å². The van der Waals surface area contributed by atoms with Crippen molar-refractivity contribution in [3.63, 3.8) is 0 Å². The van der Waals surface area contributed by atoms with Gasteiger partial charge in [-0.3, -0.25) is 9.59 Å². The van der Waals surface area contributed by atoms with Crippen LogP contribution in [0.25, 0.3) is 0 Å². The Hall–Kier alpha value is -2.15. The smallest absolute Gasteiger partial charge is 0.410 e. The lowest BCUT2D eigenvalue weighted by Crippen LogP contribution is -2.45. The fourth-order valence-corrected chi connectivity index (χ4v) is 2.71. The van der Waals surface area contributed by atoms with Crippen molar-refractivity contribution in [1.82, 2.24) is 9.80 Å². The normalized spacial score (nSPS) is 23.0. The molecular weight excluding hydrogens is 324 g/mol. The summed E-state index contributed by atoms with van der Waals surface area (Å²) in [5.41, 5.74) is -0.616. The summed E-state index contributed by atoms with van der Waals surface area (Å²) < 4.78 is 10.7. The molecule has 25 heavy (non-hydrogen) atoms. The molecule has 1 aliphatic carbocycles. The third kappa shape index (κ3) is 5.42. The van der Waals surface area contributed by atoms with Crippen LogP contribution in [0.2, 0.25) is 0 Å². The number of carbonyl (C=O) groups is 3. The Bertz CT molecular complexity index is 591. The van der Waals surface area contributed by atoms with Gasteiger partial charge in [-0.05, 0) is 33.3 Å². The van der Waals surface area contributed by atoms with E-state index in [1.165, 1.54) is 11.9 Å². The number of hydrogen-bond acceptors (Lipinski definition) is 5. The summed E-state index contributed by atoms with van der Waals surface area (Å²) in [6.07, 6.45) is 6.90. The van der Waals surface area contributed by atoms with Gasteiger partial charge in [0.05, 0.1) is 12.6 Å². The van der Waals surface area contributed by atoms with Gasteiger partial charge in [0.2, 0.25) is 5.91 Å². The van der Waals surface area contributed by atoms with E-state index in [1.807, 2.05) is 12.2 Å². The average Bonchev–Trinajstić information content (AvgIpc) is 2.96. The van der Waals surface area contributed by atoms with E-state index in [0.717, 1.165) is 0 Å². The first-order valence-electron chi connectivity index (χ1n) is 8.37. The molecule has 1 fully saturated rings. The van der Waals surface area contributed by atoms with Gasteiger partial charge in [0, 0.05) is 13.0 Å². The molecule has 0 saturated carbocycles.